The first-order chi connectivity index (χ1) is 8.11. The lowest BCUT2D eigenvalue weighted by Gasteiger charge is -1.97. The van der Waals surface area contributed by atoms with E-state index in [2.05, 4.69) is 20.3 Å². The summed E-state index contributed by atoms with van der Waals surface area (Å²) >= 11 is 1.30. The van der Waals surface area contributed by atoms with Crippen LogP contribution in [-0.2, 0) is 4.79 Å². The van der Waals surface area contributed by atoms with Gasteiger partial charge in [-0.3, -0.25) is 4.79 Å². The van der Waals surface area contributed by atoms with Crippen LogP contribution < -0.4 is 5.32 Å². The second-order valence-corrected chi connectivity index (χ2v) is 4.47. The highest BCUT2D eigenvalue weighted by Gasteiger charge is 2.10. The molecule has 0 aliphatic carbocycles. The van der Waals surface area contributed by atoms with Crippen LogP contribution >= 0.6 is 11.3 Å². The highest BCUT2D eigenvalue weighted by molar-refractivity contribution is 7.23. The lowest BCUT2D eigenvalue weighted by Crippen LogP contribution is -2.04. The fourth-order valence-electron chi connectivity index (χ4n) is 1.45. The van der Waals surface area contributed by atoms with E-state index in [1.807, 2.05) is 19.1 Å². The fourth-order valence-corrected chi connectivity index (χ4v) is 2.50. The number of azide groups is 1. The number of hydrogen-bond donors (Lipinski definition) is 1. The smallest absolute Gasteiger partial charge is 0.223 e. The summed E-state index contributed by atoms with van der Waals surface area (Å²) in [5.41, 5.74) is 10.7. The van der Waals surface area contributed by atoms with Gasteiger partial charge < -0.3 is 5.32 Å². The minimum atomic E-state index is -0.175. The van der Waals surface area contributed by atoms with Crippen LogP contribution in [0.1, 0.15) is 12.5 Å². The number of anilines is 1. The van der Waals surface area contributed by atoms with Crippen molar-refractivity contribution in [1.82, 2.24) is 4.98 Å². The van der Waals surface area contributed by atoms with Crippen LogP contribution in [0.5, 0.6) is 0 Å². The summed E-state index contributed by atoms with van der Waals surface area (Å²) < 4.78 is 0.784. The Hall–Kier alpha value is -2.11. The quantitative estimate of drug-likeness (QED) is 0.499. The average Bonchev–Trinajstić information content (AvgIpc) is 2.64. The summed E-state index contributed by atoms with van der Waals surface area (Å²) in [5.74, 6) is -0.175. The van der Waals surface area contributed by atoms with Gasteiger partial charge in [0.2, 0.25) is 5.91 Å². The molecule has 0 unspecified atom stereocenters. The van der Waals surface area contributed by atoms with Gasteiger partial charge in [-0.05, 0) is 24.1 Å². The number of aromatic nitrogens is 1. The van der Waals surface area contributed by atoms with E-state index in [9.17, 15) is 4.79 Å². The van der Waals surface area contributed by atoms with Gasteiger partial charge in [0, 0.05) is 11.8 Å². The SMILES string of the molecule is CC(=O)Nc1nc2ccc(C)c(N=[N+]=[N-])c2s1. The summed E-state index contributed by atoms with van der Waals surface area (Å²) in [4.78, 5) is 18.0. The molecule has 0 aliphatic rings. The van der Waals surface area contributed by atoms with Crippen molar-refractivity contribution in [2.24, 2.45) is 5.11 Å². The number of hydrogen-bond acceptors (Lipinski definition) is 4. The van der Waals surface area contributed by atoms with Gasteiger partial charge in [-0.2, -0.15) is 0 Å². The molecule has 1 amide bonds. The Balaban J connectivity index is 2.63. The molecule has 0 radical (unpaired) electrons. The molecule has 0 atom stereocenters. The third-order valence-electron chi connectivity index (χ3n) is 2.16. The van der Waals surface area contributed by atoms with E-state index in [0.29, 0.717) is 16.3 Å². The van der Waals surface area contributed by atoms with Crippen molar-refractivity contribution in [3.63, 3.8) is 0 Å². The Kier molecular flexibility index (Phi) is 2.95. The second kappa shape index (κ2) is 4.40. The van der Waals surface area contributed by atoms with Gasteiger partial charge in [0.25, 0.3) is 0 Å². The minimum absolute atomic E-state index is 0.175. The number of benzene rings is 1. The fraction of sp³-hybridized carbons (Fsp3) is 0.200. The molecule has 6 nitrogen and oxygen atoms in total. The normalized spacial score (nSPS) is 10.0. The van der Waals surface area contributed by atoms with E-state index >= 15 is 0 Å². The van der Waals surface area contributed by atoms with Crippen LogP contribution in [0, 0.1) is 6.92 Å². The van der Waals surface area contributed by atoms with Gasteiger partial charge in [-0.15, -0.1) is 0 Å². The molecule has 2 aromatic rings. The van der Waals surface area contributed by atoms with Gasteiger partial charge in [0.15, 0.2) is 5.13 Å². The topological polar surface area (TPSA) is 90.8 Å². The van der Waals surface area contributed by atoms with Gasteiger partial charge >= 0.3 is 0 Å². The number of fused-ring (bicyclic) bond motifs is 1. The number of nitrogens with zero attached hydrogens (tertiary/aromatic N) is 4. The van der Waals surface area contributed by atoms with Crippen LogP contribution in [0.2, 0.25) is 0 Å². The molecule has 1 heterocycles. The molecule has 0 aliphatic heterocycles. The summed E-state index contributed by atoms with van der Waals surface area (Å²) in [7, 11) is 0. The Morgan fingerprint density at radius 2 is 2.35 bits per heavy atom. The maximum atomic E-state index is 10.9. The van der Waals surface area contributed by atoms with Crippen molar-refractivity contribution in [2.75, 3.05) is 5.32 Å². The zero-order chi connectivity index (χ0) is 12.4. The molecule has 0 saturated heterocycles. The van der Waals surface area contributed by atoms with Crippen LogP contribution in [0.3, 0.4) is 0 Å². The maximum absolute atomic E-state index is 10.9. The van der Waals surface area contributed by atoms with Gasteiger partial charge in [0.05, 0.1) is 15.9 Å². The van der Waals surface area contributed by atoms with Crippen molar-refractivity contribution >= 4 is 38.3 Å². The van der Waals surface area contributed by atoms with Crippen molar-refractivity contribution in [3.05, 3.63) is 28.1 Å². The van der Waals surface area contributed by atoms with Crippen molar-refractivity contribution < 1.29 is 4.79 Å². The minimum Gasteiger partial charge on any atom is -0.302 e. The predicted octanol–water partition coefficient (Wildman–Crippen LogP) is 3.50. The third kappa shape index (κ3) is 2.20. The van der Waals surface area contributed by atoms with E-state index in [0.717, 1.165) is 10.3 Å². The molecule has 17 heavy (non-hydrogen) atoms. The number of thiazole rings is 1. The van der Waals surface area contributed by atoms with Crippen LogP contribution in [-0.4, -0.2) is 10.9 Å². The van der Waals surface area contributed by atoms with E-state index in [-0.39, 0.29) is 5.91 Å². The lowest BCUT2D eigenvalue weighted by atomic mass is 10.2. The van der Waals surface area contributed by atoms with E-state index in [1.165, 1.54) is 18.3 Å². The molecule has 1 N–H and O–H groups in total. The van der Waals surface area contributed by atoms with E-state index in [4.69, 9.17) is 5.53 Å². The molecule has 0 spiro atoms. The first-order valence-electron chi connectivity index (χ1n) is 4.84. The largest absolute Gasteiger partial charge is 0.302 e. The standard InChI is InChI=1S/C10H9N5OS/c1-5-3-4-7-9(8(5)14-15-11)17-10(13-7)12-6(2)16/h3-4H,1-2H3,(H,12,13,16). The number of amides is 1. The third-order valence-corrected chi connectivity index (χ3v) is 3.15. The molecule has 2 rings (SSSR count). The predicted molar refractivity (Wildman–Crippen MR) is 67.5 cm³/mol. The second-order valence-electron chi connectivity index (χ2n) is 3.47. The number of carbonyl (C=O) groups excluding carboxylic acids is 1. The molecule has 0 saturated carbocycles. The van der Waals surface area contributed by atoms with Gasteiger partial charge in [0.1, 0.15) is 0 Å². The zero-order valence-electron chi connectivity index (χ0n) is 9.26. The van der Waals surface area contributed by atoms with E-state index < -0.39 is 0 Å². The molecule has 1 aromatic heterocycles. The van der Waals surface area contributed by atoms with Crippen LogP contribution in [0.15, 0.2) is 17.2 Å². The molecular weight excluding hydrogens is 238 g/mol. The van der Waals surface area contributed by atoms with Crippen molar-refractivity contribution in [3.8, 4) is 0 Å². The summed E-state index contributed by atoms with van der Waals surface area (Å²) in [6.07, 6.45) is 0. The molecule has 0 fully saturated rings. The van der Waals surface area contributed by atoms with Crippen molar-refractivity contribution in [1.29, 1.82) is 0 Å². The first kappa shape index (κ1) is 11.4. The molecule has 1 aromatic carbocycles. The summed E-state index contributed by atoms with van der Waals surface area (Å²) in [6, 6.07) is 3.67. The molecule has 0 bridgehead atoms. The highest BCUT2D eigenvalue weighted by atomic mass is 32.1. The maximum Gasteiger partial charge on any atom is 0.223 e. The van der Waals surface area contributed by atoms with Gasteiger partial charge in [-0.25, -0.2) is 4.98 Å². The molecule has 86 valence electrons. The number of nitrogens with one attached hydrogen (secondary N) is 1. The summed E-state index contributed by atoms with van der Waals surface area (Å²) in [6.45, 7) is 3.28. The lowest BCUT2D eigenvalue weighted by molar-refractivity contribution is -0.114. The van der Waals surface area contributed by atoms with Crippen LogP contribution in [0.25, 0.3) is 20.7 Å². The van der Waals surface area contributed by atoms with Crippen molar-refractivity contribution in [2.45, 2.75) is 13.8 Å². The number of rotatable bonds is 2. The Labute approximate surface area is 101 Å². The van der Waals surface area contributed by atoms with Gasteiger partial charge in [-0.1, -0.05) is 22.5 Å². The Morgan fingerprint density at radius 3 is 3.00 bits per heavy atom. The summed E-state index contributed by atoms with van der Waals surface area (Å²) in [5, 5.41) is 6.79. The monoisotopic (exact) mass is 247 g/mol. The van der Waals surface area contributed by atoms with Crippen LogP contribution in [0.4, 0.5) is 10.8 Å². The first-order valence-corrected chi connectivity index (χ1v) is 5.66. The van der Waals surface area contributed by atoms with E-state index in [1.54, 1.807) is 0 Å². The number of carbonyl (C=O) groups is 1. The molecule has 7 heteroatoms. The molecular formula is C10H9N5OS. The Morgan fingerprint density at radius 1 is 1.59 bits per heavy atom. The number of aryl methyl sites for hydroxylation is 1. The zero-order valence-corrected chi connectivity index (χ0v) is 10.1. The average molecular weight is 247 g/mol. The Bertz CT molecular complexity index is 641. The highest BCUT2D eigenvalue weighted by Crippen LogP contribution is 2.36.